The van der Waals surface area contributed by atoms with Crippen LogP contribution in [0.3, 0.4) is 0 Å². The largest absolute Gasteiger partial charge is 0.481 e. The summed E-state index contributed by atoms with van der Waals surface area (Å²) in [6, 6.07) is 6.17. The van der Waals surface area contributed by atoms with Crippen molar-refractivity contribution >= 4 is 16.0 Å². The van der Waals surface area contributed by atoms with E-state index in [1.165, 1.54) is 4.31 Å². The molecular formula is C14H17NO4S. The summed E-state index contributed by atoms with van der Waals surface area (Å²) in [7, 11) is -3.59. The van der Waals surface area contributed by atoms with E-state index in [0.717, 1.165) is 12.0 Å². The molecule has 2 bridgehead atoms. The van der Waals surface area contributed by atoms with Crippen molar-refractivity contribution in [3.8, 4) is 0 Å². The Bertz CT molecular complexity index is 638. The molecule has 2 aliphatic rings. The van der Waals surface area contributed by atoms with Crippen LogP contribution in [0, 0.1) is 12.8 Å². The van der Waals surface area contributed by atoms with Gasteiger partial charge in [0.25, 0.3) is 0 Å². The van der Waals surface area contributed by atoms with E-state index in [-0.39, 0.29) is 17.0 Å². The van der Waals surface area contributed by atoms with E-state index in [0.29, 0.717) is 12.8 Å². The zero-order chi connectivity index (χ0) is 14.5. The van der Waals surface area contributed by atoms with Crippen LogP contribution in [0.2, 0.25) is 0 Å². The number of nitrogens with zero attached hydrogens (tertiary/aromatic N) is 1. The highest BCUT2D eigenvalue weighted by Crippen LogP contribution is 2.44. The summed E-state index contributed by atoms with van der Waals surface area (Å²) >= 11 is 0. The SMILES string of the molecule is Cc1ccc(S(=O)(=O)N2C3CCC2C(C(=O)O)C3)cc1. The molecule has 3 rings (SSSR count). The fourth-order valence-electron chi connectivity index (χ4n) is 3.41. The van der Waals surface area contributed by atoms with Gasteiger partial charge in [-0.05, 0) is 38.3 Å². The summed E-state index contributed by atoms with van der Waals surface area (Å²) in [5, 5.41) is 9.20. The smallest absolute Gasteiger partial charge is 0.308 e. The Hall–Kier alpha value is -1.40. The van der Waals surface area contributed by atoms with Crippen molar-refractivity contribution in [2.45, 2.75) is 43.2 Å². The minimum Gasteiger partial charge on any atom is -0.481 e. The van der Waals surface area contributed by atoms with E-state index < -0.39 is 21.9 Å². The molecule has 0 amide bonds. The number of hydrogen-bond donors (Lipinski definition) is 1. The number of aliphatic carboxylic acids is 1. The summed E-state index contributed by atoms with van der Waals surface area (Å²) in [5.41, 5.74) is 0.997. The molecule has 5 nitrogen and oxygen atoms in total. The van der Waals surface area contributed by atoms with E-state index in [1.807, 2.05) is 6.92 Å². The third-order valence-electron chi connectivity index (χ3n) is 4.39. The van der Waals surface area contributed by atoms with Gasteiger partial charge in [-0.15, -0.1) is 0 Å². The number of carbonyl (C=O) groups is 1. The fraction of sp³-hybridized carbons (Fsp3) is 0.500. The molecule has 108 valence electrons. The molecule has 1 N–H and O–H groups in total. The van der Waals surface area contributed by atoms with Crippen LogP contribution >= 0.6 is 0 Å². The third-order valence-corrected chi connectivity index (χ3v) is 6.38. The lowest BCUT2D eigenvalue weighted by Gasteiger charge is -2.22. The van der Waals surface area contributed by atoms with E-state index >= 15 is 0 Å². The summed E-state index contributed by atoms with van der Waals surface area (Å²) in [4.78, 5) is 11.5. The maximum absolute atomic E-state index is 12.7. The van der Waals surface area contributed by atoms with Crippen molar-refractivity contribution in [2.24, 2.45) is 5.92 Å². The lowest BCUT2D eigenvalue weighted by atomic mass is 9.89. The van der Waals surface area contributed by atoms with Gasteiger partial charge in [0.05, 0.1) is 10.8 Å². The summed E-state index contributed by atoms with van der Waals surface area (Å²) < 4.78 is 26.9. The van der Waals surface area contributed by atoms with E-state index in [4.69, 9.17) is 0 Å². The Morgan fingerprint density at radius 1 is 1.25 bits per heavy atom. The topological polar surface area (TPSA) is 74.7 Å². The fourth-order valence-corrected chi connectivity index (χ4v) is 5.33. The lowest BCUT2D eigenvalue weighted by Crippen LogP contribution is -2.37. The van der Waals surface area contributed by atoms with Crippen molar-refractivity contribution in [3.63, 3.8) is 0 Å². The molecule has 0 aliphatic carbocycles. The van der Waals surface area contributed by atoms with Crippen molar-refractivity contribution in [2.75, 3.05) is 0 Å². The number of fused-ring (bicyclic) bond motifs is 2. The van der Waals surface area contributed by atoms with Crippen molar-refractivity contribution < 1.29 is 18.3 Å². The molecule has 1 aromatic carbocycles. The highest BCUT2D eigenvalue weighted by atomic mass is 32.2. The van der Waals surface area contributed by atoms with Crippen LogP contribution < -0.4 is 0 Å². The number of benzene rings is 1. The Morgan fingerprint density at radius 2 is 1.90 bits per heavy atom. The molecule has 6 heteroatoms. The lowest BCUT2D eigenvalue weighted by molar-refractivity contribution is -0.142. The van der Waals surface area contributed by atoms with Crippen LogP contribution in [0.15, 0.2) is 29.2 Å². The standard InChI is InChI=1S/C14H17NO4S/c1-9-2-5-11(6-3-9)20(18,19)15-10-4-7-13(15)12(8-10)14(16)17/h2-3,5-6,10,12-13H,4,7-8H2,1H3,(H,16,17). The molecule has 1 aromatic rings. The Labute approximate surface area is 118 Å². The molecule has 0 spiro atoms. The molecule has 2 saturated heterocycles. The molecule has 3 unspecified atom stereocenters. The molecule has 20 heavy (non-hydrogen) atoms. The summed E-state index contributed by atoms with van der Waals surface area (Å²) in [6.07, 6.45) is 1.84. The van der Waals surface area contributed by atoms with Gasteiger partial charge in [-0.3, -0.25) is 4.79 Å². The minimum atomic E-state index is -3.59. The number of hydrogen-bond acceptors (Lipinski definition) is 3. The number of aryl methyl sites for hydroxylation is 1. The highest BCUT2D eigenvalue weighted by molar-refractivity contribution is 7.89. The predicted octanol–water partition coefficient (Wildman–Crippen LogP) is 1.62. The second-order valence-corrected chi connectivity index (χ2v) is 7.47. The first-order valence-electron chi connectivity index (χ1n) is 6.74. The molecule has 0 aromatic heterocycles. The van der Waals surface area contributed by atoms with Crippen LogP contribution in [0.25, 0.3) is 0 Å². The van der Waals surface area contributed by atoms with Gasteiger partial charge >= 0.3 is 5.97 Å². The maximum Gasteiger partial charge on any atom is 0.308 e. The number of rotatable bonds is 3. The van der Waals surface area contributed by atoms with E-state index in [9.17, 15) is 18.3 Å². The quantitative estimate of drug-likeness (QED) is 0.919. The van der Waals surface area contributed by atoms with E-state index in [1.54, 1.807) is 24.3 Å². The molecule has 2 heterocycles. The minimum absolute atomic E-state index is 0.160. The zero-order valence-corrected chi connectivity index (χ0v) is 12.0. The van der Waals surface area contributed by atoms with Crippen molar-refractivity contribution in [1.29, 1.82) is 0 Å². The highest BCUT2D eigenvalue weighted by Gasteiger charge is 2.54. The molecule has 2 aliphatic heterocycles. The number of carboxylic acid groups (broad SMARTS) is 1. The summed E-state index contributed by atoms with van der Waals surface area (Å²) in [6.45, 7) is 1.90. The second-order valence-electron chi connectivity index (χ2n) is 5.63. The Morgan fingerprint density at radius 3 is 2.45 bits per heavy atom. The van der Waals surface area contributed by atoms with Crippen molar-refractivity contribution in [1.82, 2.24) is 4.31 Å². The van der Waals surface area contributed by atoms with E-state index in [2.05, 4.69) is 0 Å². The van der Waals surface area contributed by atoms with Crippen LogP contribution in [0.4, 0.5) is 0 Å². The molecule has 3 atom stereocenters. The molecule has 0 radical (unpaired) electrons. The average Bonchev–Trinajstić information content (AvgIpc) is 2.97. The average molecular weight is 295 g/mol. The van der Waals surface area contributed by atoms with Crippen LogP contribution in [-0.2, 0) is 14.8 Å². The third kappa shape index (κ3) is 1.94. The Balaban J connectivity index is 1.97. The van der Waals surface area contributed by atoms with Gasteiger partial charge in [0, 0.05) is 12.1 Å². The normalized spacial score (nSPS) is 29.8. The maximum atomic E-state index is 12.7. The predicted molar refractivity (Wildman–Crippen MR) is 72.8 cm³/mol. The van der Waals surface area contributed by atoms with Crippen LogP contribution in [0.5, 0.6) is 0 Å². The monoisotopic (exact) mass is 295 g/mol. The second kappa shape index (κ2) is 4.56. The van der Waals surface area contributed by atoms with Gasteiger partial charge in [0.2, 0.25) is 10.0 Å². The van der Waals surface area contributed by atoms with Gasteiger partial charge in [-0.25, -0.2) is 8.42 Å². The number of sulfonamides is 1. The molecular weight excluding hydrogens is 278 g/mol. The van der Waals surface area contributed by atoms with Gasteiger partial charge < -0.3 is 5.11 Å². The summed E-state index contributed by atoms with van der Waals surface area (Å²) in [5.74, 6) is -1.45. The van der Waals surface area contributed by atoms with Gasteiger partial charge in [-0.1, -0.05) is 17.7 Å². The van der Waals surface area contributed by atoms with Gasteiger partial charge in [0.1, 0.15) is 0 Å². The first-order chi connectivity index (χ1) is 9.41. The number of carboxylic acids is 1. The van der Waals surface area contributed by atoms with Crippen LogP contribution in [0.1, 0.15) is 24.8 Å². The van der Waals surface area contributed by atoms with Gasteiger partial charge in [-0.2, -0.15) is 4.31 Å². The zero-order valence-electron chi connectivity index (χ0n) is 11.2. The van der Waals surface area contributed by atoms with Gasteiger partial charge in [0.15, 0.2) is 0 Å². The first kappa shape index (κ1) is 13.6. The Kier molecular flexibility index (Phi) is 3.10. The van der Waals surface area contributed by atoms with Crippen LogP contribution in [-0.4, -0.2) is 35.9 Å². The van der Waals surface area contributed by atoms with Crippen molar-refractivity contribution in [3.05, 3.63) is 29.8 Å². The molecule has 2 fully saturated rings. The first-order valence-corrected chi connectivity index (χ1v) is 8.18. The molecule has 0 saturated carbocycles.